The van der Waals surface area contributed by atoms with Crippen LogP contribution in [0.25, 0.3) is 16.8 Å². The molecule has 0 radical (unpaired) electrons. The first-order valence-corrected chi connectivity index (χ1v) is 17.9. The Bertz CT molecular complexity index is 1360. The monoisotopic (exact) mass is 539 g/mol. The highest BCUT2D eigenvalue weighted by Gasteiger charge is 2.52. The van der Waals surface area contributed by atoms with E-state index in [2.05, 4.69) is 45.7 Å². The summed E-state index contributed by atoms with van der Waals surface area (Å²) in [5.74, 6) is -2.58. The number of imidazole rings is 1. The van der Waals surface area contributed by atoms with Crippen LogP contribution in [0.5, 0.6) is 0 Å². The number of ether oxygens (including phenoxy) is 1. The molecule has 36 heavy (non-hydrogen) atoms. The van der Waals surface area contributed by atoms with Gasteiger partial charge < -0.3 is 9.30 Å². The summed E-state index contributed by atoms with van der Waals surface area (Å²) in [4.78, 5) is 9.19. The Morgan fingerprint density at radius 3 is 2.64 bits per heavy atom. The van der Waals surface area contributed by atoms with Crippen LogP contribution in [0.1, 0.15) is 44.2 Å². The van der Waals surface area contributed by atoms with Crippen LogP contribution in [-0.2, 0) is 21.5 Å². The minimum absolute atomic E-state index is 0.0810. The van der Waals surface area contributed by atoms with Crippen molar-refractivity contribution >= 4 is 34.9 Å². The second-order valence-electron chi connectivity index (χ2n) is 11.8. The highest BCUT2D eigenvalue weighted by Crippen LogP contribution is 2.43. The van der Waals surface area contributed by atoms with Crippen molar-refractivity contribution in [3.63, 3.8) is 0 Å². The lowest BCUT2D eigenvalue weighted by Crippen LogP contribution is -2.50. The summed E-state index contributed by atoms with van der Waals surface area (Å²) in [6.45, 7) is 10.2. The second-order valence-corrected chi connectivity index (χ2v) is 19.4. The molecule has 3 aromatic rings. The first kappa shape index (κ1) is 25.7. The molecule has 0 amide bonds. The number of alkyl halides is 2. The summed E-state index contributed by atoms with van der Waals surface area (Å²) in [7, 11) is -4.93. The van der Waals surface area contributed by atoms with E-state index in [9.17, 15) is 17.2 Å². The molecule has 3 heterocycles. The van der Waals surface area contributed by atoms with Gasteiger partial charge in [-0.1, -0.05) is 26.6 Å². The summed E-state index contributed by atoms with van der Waals surface area (Å²) in [6, 6.07) is 2.83. The van der Waals surface area contributed by atoms with Crippen LogP contribution in [0.2, 0.25) is 25.7 Å². The minimum Gasteiger partial charge on any atom is -0.361 e. The number of aromatic nitrogens is 4. The van der Waals surface area contributed by atoms with Gasteiger partial charge in [-0.2, -0.15) is 0 Å². The molecule has 0 aromatic carbocycles. The summed E-state index contributed by atoms with van der Waals surface area (Å²) in [5, 5.41) is -1.00. The van der Waals surface area contributed by atoms with Crippen molar-refractivity contribution in [2.24, 2.45) is 5.92 Å². The Kier molecular flexibility index (Phi) is 6.54. The Morgan fingerprint density at radius 1 is 1.19 bits per heavy atom. The van der Waals surface area contributed by atoms with Gasteiger partial charge in [0.1, 0.15) is 6.73 Å². The predicted octanol–water partition coefficient (Wildman–Crippen LogP) is 4.60. The third-order valence-corrected chi connectivity index (χ3v) is 11.2. The number of hydrogen-bond acceptors (Lipinski definition) is 5. The molecule has 12 heteroatoms. The van der Waals surface area contributed by atoms with E-state index in [0.717, 1.165) is 35.2 Å². The maximum atomic E-state index is 13.2. The zero-order valence-corrected chi connectivity index (χ0v) is 23.1. The largest absolute Gasteiger partial charge is 0.361 e. The fourth-order valence-electron chi connectivity index (χ4n) is 5.44. The van der Waals surface area contributed by atoms with E-state index in [0.29, 0.717) is 19.6 Å². The van der Waals surface area contributed by atoms with Crippen molar-refractivity contribution in [2.45, 2.75) is 88.2 Å². The molecular formula is C24H35F2N5O3SSi. The fourth-order valence-corrected chi connectivity index (χ4v) is 7.97. The molecule has 198 valence electrons. The predicted molar refractivity (Wildman–Crippen MR) is 138 cm³/mol. The maximum Gasteiger partial charge on any atom is 0.250 e. The van der Waals surface area contributed by atoms with E-state index >= 15 is 0 Å². The van der Waals surface area contributed by atoms with Crippen LogP contribution in [0.4, 0.5) is 8.78 Å². The van der Waals surface area contributed by atoms with Crippen LogP contribution in [0.3, 0.4) is 0 Å². The van der Waals surface area contributed by atoms with Gasteiger partial charge in [-0.3, -0.25) is 4.40 Å². The molecule has 0 aliphatic heterocycles. The molecule has 2 fully saturated rings. The lowest BCUT2D eigenvalue weighted by molar-refractivity contribution is -0.0688. The van der Waals surface area contributed by atoms with Crippen molar-refractivity contribution in [1.82, 2.24) is 23.7 Å². The summed E-state index contributed by atoms with van der Waals surface area (Å²) >= 11 is 0. The molecule has 5 rings (SSSR count). The van der Waals surface area contributed by atoms with Crippen molar-refractivity contribution in [3.05, 3.63) is 30.4 Å². The first-order valence-electron chi connectivity index (χ1n) is 12.6. The van der Waals surface area contributed by atoms with E-state index in [4.69, 9.17) is 4.74 Å². The number of sulfonamides is 1. The molecule has 2 aliphatic carbocycles. The number of rotatable bonds is 9. The Balaban J connectivity index is 1.33. The van der Waals surface area contributed by atoms with Gasteiger partial charge in [0.2, 0.25) is 10.0 Å². The Morgan fingerprint density at radius 2 is 1.94 bits per heavy atom. The fraction of sp³-hybridized carbons (Fsp3) is 0.667. The molecule has 1 N–H and O–H groups in total. The van der Waals surface area contributed by atoms with Gasteiger partial charge in [0.05, 0.1) is 17.0 Å². The van der Waals surface area contributed by atoms with Crippen molar-refractivity contribution in [3.8, 4) is 0 Å². The number of fused-ring (bicyclic) bond motifs is 3. The summed E-state index contributed by atoms with van der Waals surface area (Å²) in [6.07, 6.45) is 5.64. The van der Waals surface area contributed by atoms with Gasteiger partial charge >= 0.3 is 0 Å². The zero-order chi connectivity index (χ0) is 25.9. The van der Waals surface area contributed by atoms with Gasteiger partial charge in [0, 0.05) is 57.6 Å². The highest BCUT2D eigenvalue weighted by molar-refractivity contribution is 7.90. The van der Waals surface area contributed by atoms with E-state index in [1.165, 1.54) is 0 Å². The third kappa shape index (κ3) is 5.09. The molecule has 0 saturated heterocycles. The van der Waals surface area contributed by atoms with Gasteiger partial charge in [-0.05, 0) is 30.9 Å². The smallest absolute Gasteiger partial charge is 0.250 e. The molecule has 0 bridgehead atoms. The summed E-state index contributed by atoms with van der Waals surface area (Å²) in [5.41, 5.74) is 3.49. The second kappa shape index (κ2) is 9.14. The minimum atomic E-state index is -3.77. The van der Waals surface area contributed by atoms with Crippen LogP contribution in [-0.4, -0.2) is 59.2 Å². The molecule has 8 nitrogen and oxygen atoms in total. The molecule has 0 spiro atoms. The Hall–Kier alpha value is -1.89. The number of halogens is 2. The SMILES string of the molecule is C[C@@H]1C[C@H](NS(=O)(=O)C2CC(F)(F)C2)C[C@@H]1c1cnc2cnc3c(ccn3COCC[Si](C)(C)C)n12. The normalized spacial score (nSPS) is 25.1. The number of nitrogens with zero attached hydrogens (tertiary/aromatic N) is 4. The van der Waals surface area contributed by atoms with Gasteiger partial charge in [-0.25, -0.2) is 31.9 Å². The number of hydrogen-bond donors (Lipinski definition) is 1. The van der Waals surface area contributed by atoms with Crippen molar-refractivity contribution < 1.29 is 21.9 Å². The standard InChI is InChI=1S/C24H35F2N5O3SSi/c1-16-9-17(29-35(32,33)18-11-24(25,26)12-18)10-19(16)21-13-27-22-14-28-23-20(31(21)22)5-6-30(23)15-34-7-8-36(2,3)4/h5-6,13-14,16-19,29H,7-12,15H2,1-4H3/t16-,17+,19+/m1/s1. The van der Waals surface area contributed by atoms with Gasteiger partial charge in [-0.15, -0.1) is 0 Å². The maximum absolute atomic E-state index is 13.2. The van der Waals surface area contributed by atoms with E-state index in [-0.39, 0.29) is 17.9 Å². The number of nitrogens with one attached hydrogen (secondary N) is 1. The topological polar surface area (TPSA) is 90.5 Å². The quantitative estimate of drug-likeness (QED) is 0.317. The molecule has 3 atom stereocenters. The molecular weight excluding hydrogens is 504 g/mol. The van der Waals surface area contributed by atoms with E-state index < -0.39 is 42.1 Å². The van der Waals surface area contributed by atoms with Gasteiger partial charge in [0.25, 0.3) is 5.92 Å². The molecule has 0 unspecified atom stereocenters. The van der Waals surface area contributed by atoms with Crippen LogP contribution < -0.4 is 4.72 Å². The Labute approximate surface area is 211 Å². The third-order valence-electron chi connectivity index (χ3n) is 7.58. The molecule has 2 saturated carbocycles. The highest BCUT2D eigenvalue weighted by atomic mass is 32.2. The average molecular weight is 540 g/mol. The first-order chi connectivity index (χ1) is 16.8. The van der Waals surface area contributed by atoms with Gasteiger partial charge in [0.15, 0.2) is 11.3 Å². The van der Waals surface area contributed by atoms with Crippen LogP contribution in [0.15, 0.2) is 24.7 Å². The summed E-state index contributed by atoms with van der Waals surface area (Å²) < 4.78 is 64.5. The van der Waals surface area contributed by atoms with E-state index in [1.54, 1.807) is 6.20 Å². The lowest BCUT2D eigenvalue weighted by atomic mass is 9.94. The van der Waals surface area contributed by atoms with Crippen LogP contribution >= 0.6 is 0 Å². The molecule has 2 aliphatic rings. The van der Waals surface area contributed by atoms with Crippen molar-refractivity contribution in [1.29, 1.82) is 0 Å². The van der Waals surface area contributed by atoms with E-state index in [1.807, 2.05) is 23.0 Å². The average Bonchev–Trinajstić information content (AvgIpc) is 3.44. The van der Waals surface area contributed by atoms with Crippen molar-refractivity contribution in [2.75, 3.05) is 6.61 Å². The molecule has 3 aromatic heterocycles. The van der Waals surface area contributed by atoms with Crippen LogP contribution in [0, 0.1) is 5.92 Å². The zero-order valence-electron chi connectivity index (χ0n) is 21.2. The lowest BCUT2D eigenvalue weighted by Gasteiger charge is -2.34.